The Balaban J connectivity index is 1.30. The number of rotatable bonds is 7. The van der Waals surface area contributed by atoms with Crippen molar-refractivity contribution in [3.05, 3.63) is 104 Å². The Morgan fingerprint density at radius 2 is 1.74 bits per heavy atom. The molecule has 0 radical (unpaired) electrons. The van der Waals surface area contributed by atoms with Crippen LogP contribution in [0, 0.1) is 11.6 Å². The fourth-order valence-corrected chi connectivity index (χ4v) is 5.82. The van der Waals surface area contributed by atoms with Gasteiger partial charge >= 0.3 is 5.69 Å². The number of carbonyl (C=O) groups excluding carboxylic acids is 1. The van der Waals surface area contributed by atoms with Gasteiger partial charge < -0.3 is 4.90 Å². The third kappa shape index (κ3) is 4.94. The minimum absolute atomic E-state index is 0.00201. The number of aromatic nitrogens is 2. The predicted octanol–water partition coefficient (Wildman–Crippen LogP) is 2.89. The van der Waals surface area contributed by atoms with Gasteiger partial charge in [-0.15, -0.1) is 0 Å². The summed E-state index contributed by atoms with van der Waals surface area (Å²) in [5, 5.41) is 0.346. The van der Waals surface area contributed by atoms with E-state index in [1.165, 1.54) is 10.6 Å². The molecule has 38 heavy (non-hydrogen) atoms. The molecule has 0 saturated heterocycles. The van der Waals surface area contributed by atoms with Crippen molar-refractivity contribution in [1.29, 1.82) is 0 Å². The van der Waals surface area contributed by atoms with Crippen molar-refractivity contribution in [2.24, 2.45) is 0 Å². The minimum atomic E-state index is -4.11. The van der Waals surface area contributed by atoms with E-state index < -0.39 is 44.2 Å². The maximum atomic E-state index is 13.9. The summed E-state index contributed by atoms with van der Waals surface area (Å²) in [7, 11) is -4.11. The number of nitrogens with zero attached hydrogens (tertiary/aromatic N) is 2. The summed E-state index contributed by atoms with van der Waals surface area (Å²) in [5.41, 5.74) is 0.332. The lowest BCUT2D eigenvalue weighted by molar-refractivity contribution is -0.118. The highest BCUT2D eigenvalue weighted by Gasteiger charge is 2.26. The van der Waals surface area contributed by atoms with Crippen LogP contribution in [0.4, 0.5) is 20.2 Å². The zero-order valence-electron chi connectivity index (χ0n) is 19.9. The molecular formula is C26H22F2N4O5S. The molecule has 1 aliphatic heterocycles. The van der Waals surface area contributed by atoms with Crippen molar-refractivity contribution in [2.75, 3.05) is 16.2 Å². The van der Waals surface area contributed by atoms with Crippen LogP contribution in [-0.4, -0.2) is 30.4 Å². The van der Waals surface area contributed by atoms with E-state index in [-0.39, 0.29) is 24.6 Å². The second-order valence-corrected chi connectivity index (χ2v) is 10.6. The highest BCUT2D eigenvalue weighted by Crippen LogP contribution is 2.31. The van der Waals surface area contributed by atoms with Crippen molar-refractivity contribution >= 4 is 38.2 Å². The monoisotopic (exact) mass is 540 g/mol. The summed E-state index contributed by atoms with van der Waals surface area (Å²) in [5.74, 6) is -3.01. The van der Waals surface area contributed by atoms with Crippen LogP contribution in [0.3, 0.4) is 0 Å². The quantitative estimate of drug-likeness (QED) is 0.374. The van der Waals surface area contributed by atoms with Crippen LogP contribution in [0.2, 0.25) is 0 Å². The number of sulfonamides is 1. The number of aryl methyl sites for hydroxylation is 1. The average Bonchev–Trinajstić information content (AvgIpc) is 3.29. The van der Waals surface area contributed by atoms with Gasteiger partial charge in [0.25, 0.3) is 5.56 Å². The largest absolute Gasteiger partial charge is 0.328 e. The summed E-state index contributed by atoms with van der Waals surface area (Å²) in [6, 6.07) is 14.4. The van der Waals surface area contributed by atoms with Gasteiger partial charge in [-0.25, -0.2) is 22.0 Å². The Kier molecular flexibility index (Phi) is 6.57. The fourth-order valence-electron chi connectivity index (χ4n) is 4.61. The number of hydrogen-bond acceptors (Lipinski definition) is 5. The SMILES string of the molecule is O=C(CCn1c(=O)[nH]c(=O)c2ccccc21)N1CCc2cc(NS(=O)(=O)Cc3c(F)cccc3F)ccc21. The number of benzene rings is 3. The molecule has 0 saturated carbocycles. The summed E-state index contributed by atoms with van der Waals surface area (Å²) in [6.45, 7) is 0.428. The fraction of sp³-hybridized carbons (Fsp3) is 0.192. The molecule has 2 N–H and O–H groups in total. The van der Waals surface area contributed by atoms with E-state index in [9.17, 15) is 31.6 Å². The highest BCUT2D eigenvalue weighted by molar-refractivity contribution is 7.91. The van der Waals surface area contributed by atoms with E-state index in [2.05, 4.69) is 9.71 Å². The second kappa shape index (κ2) is 9.86. The summed E-state index contributed by atoms with van der Waals surface area (Å²) in [6.07, 6.45) is 0.470. The molecule has 1 amide bonds. The maximum absolute atomic E-state index is 13.9. The molecule has 0 fully saturated rings. The number of H-pyrrole nitrogens is 1. The van der Waals surface area contributed by atoms with Crippen LogP contribution < -0.4 is 20.9 Å². The standard InChI is InChI=1S/C26H22F2N4O5S/c27-20-5-3-6-21(28)19(20)15-38(36,37)30-17-8-9-22-16(14-17)10-12-31(22)24(33)11-13-32-23-7-2-1-4-18(23)25(34)29-26(32)35/h1-9,14,30H,10-13,15H2,(H,29,34,35). The molecule has 3 aromatic carbocycles. The van der Waals surface area contributed by atoms with Gasteiger partial charge in [0, 0.05) is 36.4 Å². The molecule has 0 bridgehead atoms. The van der Waals surface area contributed by atoms with Crippen LogP contribution in [0.1, 0.15) is 17.5 Å². The summed E-state index contributed by atoms with van der Waals surface area (Å²) in [4.78, 5) is 41.3. The van der Waals surface area contributed by atoms with Crippen molar-refractivity contribution in [3.63, 3.8) is 0 Å². The zero-order valence-corrected chi connectivity index (χ0v) is 20.7. The van der Waals surface area contributed by atoms with E-state index in [0.717, 1.165) is 23.8 Å². The molecule has 0 spiro atoms. The van der Waals surface area contributed by atoms with Crippen molar-refractivity contribution in [3.8, 4) is 0 Å². The Bertz CT molecular complexity index is 1780. The van der Waals surface area contributed by atoms with E-state index in [1.54, 1.807) is 41.3 Å². The number of amides is 1. The Labute approximate surface area is 215 Å². The number of hydrogen-bond donors (Lipinski definition) is 2. The maximum Gasteiger partial charge on any atom is 0.328 e. The molecule has 5 rings (SSSR count). The minimum Gasteiger partial charge on any atom is -0.312 e. The first-order valence-electron chi connectivity index (χ1n) is 11.7. The first kappa shape index (κ1) is 25.3. The van der Waals surface area contributed by atoms with Gasteiger partial charge in [-0.05, 0) is 54.4 Å². The Morgan fingerprint density at radius 1 is 1.00 bits per heavy atom. The Hall–Kier alpha value is -4.32. The van der Waals surface area contributed by atoms with E-state index in [4.69, 9.17) is 0 Å². The van der Waals surface area contributed by atoms with Gasteiger partial charge in [-0.2, -0.15) is 0 Å². The number of para-hydroxylation sites is 1. The third-order valence-corrected chi connectivity index (χ3v) is 7.62. The molecule has 196 valence electrons. The van der Waals surface area contributed by atoms with E-state index >= 15 is 0 Å². The molecule has 9 nitrogen and oxygen atoms in total. The van der Waals surface area contributed by atoms with Gasteiger partial charge in [-0.3, -0.25) is 23.9 Å². The smallest absolute Gasteiger partial charge is 0.312 e. The van der Waals surface area contributed by atoms with E-state index in [1.807, 2.05) is 0 Å². The predicted molar refractivity (Wildman–Crippen MR) is 139 cm³/mol. The molecular weight excluding hydrogens is 518 g/mol. The topological polar surface area (TPSA) is 121 Å². The summed E-state index contributed by atoms with van der Waals surface area (Å²) >= 11 is 0. The Morgan fingerprint density at radius 3 is 2.50 bits per heavy atom. The van der Waals surface area contributed by atoms with Crippen LogP contribution in [-0.2, 0) is 33.5 Å². The molecule has 1 aromatic heterocycles. The number of carbonyl (C=O) groups is 1. The summed E-state index contributed by atoms with van der Waals surface area (Å²) < 4.78 is 56.6. The lowest BCUT2D eigenvalue weighted by Gasteiger charge is -2.18. The number of halogens is 2. The lowest BCUT2D eigenvalue weighted by atomic mass is 10.1. The lowest BCUT2D eigenvalue weighted by Crippen LogP contribution is -2.34. The molecule has 0 unspecified atom stereocenters. The van der Waals surface area contributed by atoms with Crippen LogP contribution in [0.25, 0.3) is 10.9 Å². The van der Waals surface area contributed by atoms with Gasteiger partial charge in [0.05, 0.1) is 10.9 Å². The van der Waals surface area contributed by atoms with Gasteiger partial charge in [0.15, 0.2) is 0 Å². The molecule has 1 aliphatic rings. The van der Waals surface area contributed by atoms with Crippen molar-refractivity contribution in [1.82, 2.24) is 9.55 Å². The molecule has 4 aromatic rings. The molecule has 12 heteroatoms. The zero-order chi connectivity index (χ0) is 27.0. The van der Waals surface area contributed by atoms with Gasteiger partial charge in [-0.1, -0.05) is 18.2 Å². The molecule has 0 atom stereocenters. The normalized spacial score (nSPS) is 13.1. The highest BCUT2D eigenvalue weighted by atomic mass is 32.2. The van der Waals surface area contributed by atoms with E-state index in [0.29, 0.717) is 29.6 Å². The van der Waals surface area contributed by atoms with Crippen molar-refractivity contribution < 1.29 is 22.0 Å². The number of aromatic amines is 1. The van der Waals surface area contributed by atoms with Gasteiger partial charge in [0.1, 0.15) is 17.4 Å². The third-order valence-electron chi connectivity index (χ3n) is 6.40. The second-order valence-electron chi connectivity index (χ2n) is 8.88. The molecule has 2 heterocycles. The first-order chi connectivity index (χ1) is 18.1. The average molecular weight is 541 g/mol. The van der Waals surface area contributed by atoms with Crippen molar-refractivity contribution in [2.45, 2.75) is 25.1 Å². The van der Waals surface area contributed by atoms with Crippen LogP contribution in [0.15, 0.2) is 70.3 Å². The molecule has 0 aliphatic carbocycles. The number of anilines is 2. The first-order valence-corrected chi connectivity index (χ1v) is 13.4. The van der Waals surface area contributed by atoms with Crippen LogP contribution in [0.5, 0.6) is 0 Å². The number of nitrogens with one attached hydrogen (secondary N) is 2. The van der Waals surface area contributed by atoms with Gasteiger partial charge in [0.2, 0.25) is 15.9 Å². The van der Waals surface area contributed by atoms with Crippen LogP contribution >= 0.6 is 0 Å². The number of fused-ring (bicyclic) bond motifs is 2.